The molecular weight excluding hydrogens is 378 g/mol. The van der Waals surface area contributed by atoms with Crippen LogP contribution in [-0.2, 0) is 11.3 Å². The molecule has 0 saturated carbocycles. The van der Waals surface area contributed by atoms with E-state index in [0.717, 1.165) is 11.1 Å². The number of nitrogens with one attached hydrogen (secondary N) is 1. The Balaban J connectivity index is 1.48. The molecule has 4 rings (SSSR count). The Labute approximate surface area is 173 Å². The summed E-state index contributed by atoms with van der Waals surface area (Å²) in [4.78, 5) is 25.2. The lowest BCUT2D eigenvalue weighted by Gasteiger charge is -2.18. The highest BCUT2D eigenvalue weighted by atomic mass is 16.3. The van der Waals surface area contributed by atoms with Gasteiger partial charge in [0, 0.05) is 12.6 Å². The topological polar surface area (TPSA) is 77.1 Å². The second-order valence-electron chi connectivity index (χ2n) is 6.80. The van der Waals surface area contributed by atoms with Crippen LogP contribution in [0.3, 0.4) is 0 Å². The molecular formula is C24H21N3O3. The Bertz CT molecular complexity index is 1110. The quantitative estimate of drug-likeness (QED) is 0.516. The molecule has 0 bridgehead atoms. The van der Waals surface area contributed by atoms with Crippen LogP contribution in [0.25, 0.3) is 11.5 Å². The van der Waals surface area contributed by atoms with Crippen molar-refractivity contribution in [3.05, 3.63) is 113 Å². The summed E-state index contributed by atoms with van der Waals surface area (Å²) in [5.41, 5.74) is 2.16. The van der Waals surface area contributed by atoms with E-state index in [1.807, 2.05) is 60.7 Å². The first-order valence-corrected chi connectivity index (χ1v) is 9.72. The monoisotopic (exact) mass is 399 g/mol. The second kappa shape index (κ2) is 9.05. The Hall–Kier alpha value is -3.93. The first kappa shape index (κ1) is 19.4. The summed E-state index contributed by atoms with van der Waals surface area (Å²) in [6, 6.07) is 25.9. The number of rotatable bonds is 7. The van der Waals surface area contributed by atoms with Crippen molar-refractivity contribution in [2.45, 2.75) is 12.5 Å². The van der Waals surface area contributed by atoms with Crippen molar-refractivity contribution < 1.29 is 9.21 Å². The van der Waals surface area contributed by atoms with Gasteiger partial charge in [-0.1, -0.05) is 60.7 Å². The molecule has 2 aromatic heterocycles. The zero-order valence-electron chi connectivity index (χ0n) is 16.3. The van der Waals surface area contributed by atoms with E-state index in [0.29, 0.717) is 11.5 Å². The van der Waals surface area contributed by atoms with Gasteiger partial charge in [0.15, 0.2) is 5.76 Å². The minimum Gasteiger partial charge on any atom is -0.463 e. The van der Waals surface area contributed by atoms with Gasteiger partial charge in [0.05, 0.1) is 18.7 Å². The highest BCUT2D eigenvalue weighted by Gasteiger charge is 2.22. The number of hydrogen-bond donors (Lipinski definition) is 1. The summed E-state index contributed by atoms with van der Waals surface area (Å²) in [5.74, 6) is 0.0372. The van der Waals surface area contributed by atoms with Crippen molar-refractivity contribution in [1.29, 1.82) is 0 Å². The van der Waals surface area contributed by atoms with E-state index in [-0.39, 0.29) is 24.6 Å². The fourth-order valence-corrected chi connectivity index (χ4v) is 3.34. The lowest BCUT2D eigenvalue weighted by Crippen LogP contribution is -2.35. The van der Waals surface area contributed by atoms with Gasteiger partial charge in [-0.05, 0) is 29.3 Å². The van der Waals surface area contributed by atoms with E-state index >= 15 is 0 Å². The maximum atomic E-state index is 13.0. The highest BCUT2D eigenvalue weighted by molar-refractivity contribution is 5.87. The Morgan fingerprint density at radius 2 is 1.57 bits per heavy atom. The summed E-state index contributed by atoms with van der Waals surface area (Å²) >= 11 is 0. The Morgan fingerprint density at radius 1 is 0.900 bits per heavy atom. The first-order valence-electron chi connectivity index (χ1n) is 9.72. The van der Waals surface area contributed by atoms with Gasteiger partial charge in [-0.3, -0.25) is 9.59 Å². The van der Waals surface area contributed by atoms with E-state index < -0.39 is 5.92 Å². The standard InChI is InChI=1S/C24H21N3O3/c28-22-14-13-20(21-12-7-17-30-21)26-27(22)16-15-25-24(29)23(18-8-3-1-4-9-18)19-10-5-2-6-11-19/h1-14,17,23H,15-16H2,(H,25,29). The molecule has 30 heavy (non-hydrogen) atoms. The lowest BCUT2D eigenvalue weighted by atomic mass is 9.90. The predicted octanol–water partition coefficient (Wildman–Crippen LogP) is 3.45. The number of amides is 1. The molecule has 2 heterocycles. The van der Waals surface area contributed by atoms with Gasteiger partial charge < -0.3 is 9.73 Å². The van der Waals surface area contributed by atoms with Gasteiger partial charge in [0.2, 0.25) is 5.91 Å². The fourth-order valence-electron chi connectivity index (χ4n) is 3.34. The maximum absolute atomic E-state index is 13.0. The molecule has 4 aromatic rings. The Morgan fingerprint density at radius 3 is 2.17 bits per heavy atom. The molecule has 0 radical (unpaired) electrons. The Kier molecular flexibility index (Phi) is 5.85. The molecule has 0 aliphatic carbocycles. The normalized spacial score (nSPS) is 10.8. The van der Waals surface area contributed by atoms with Crippen LogP contribution in [0.5, 0.6) is 0 Å². The minimum atomic E-state index is -0.425. The molecule has 0 atom stereocenters. The van der Waals surface area contributed by atoms with Crippen molar-refractivity contribution in [2.24, 2.45) is 0 Å². The summed E-state index contributed by atoms with van der Waals surface area (Å²) in [6.07, 6.45) is 1.56. The third-order valence-electron chi connectivity index (χ3n) is 4.79. The number of nitrogens with zero attached hydrogens (tertiary/aromatic N) is 2. The number of carbonyl (C=O) groups is 1. The van der Waals surface area contributed by atoms with Crippen molar-refractivity contribution in [3.63, 3.8) is 0 Å². The number of benzene rings is 2. The third kappa shape index (κ3) is 4.38. The van der Waals surface area contributed by atoms with E-state index in [2.05, 4.69) is 10.4 Å². The van der Waals surface area contributed by atoms with Crippen molar-refractivity contribution >= 4 is 5.91 Å². The van der Waals surface area contributed by atoms with Crippen molar-refractivity contribution in [1.82, 2.24) is 15.1 Å². The zero-order valence-corrected chi connectivity index (χ0v) is 16.3. The van der Waals surface area contributed by atoms with Crippen molar-refractivity contribution in [2.75, 3.05) is 6.54 Å². The number of aromatic nitrogens is 2. The molecule has 150 valence electrons. The minimum absolute atomic E-state index is 0.123. The molecule has 0 fully saturated rings. The van der Waals surface area contributed by atoms with Crippen LogP contribution in [0.15, 0.2) is 100 Å². The fraction of sp³-hybridized carbons (Fsp3) is 0.125. The van der Waals surface area contributed by atoms with Gasteiger partial charge >= 0.3 is 0 Å². The number of hydrogen-bond acceptors (Lipinski definition) is 4. The van der Waals surface area contributed by atoms with Crippen LogP contribution < -0.4 is 10.9 Å². The van der Waals surface area contributed by atoms with E-state index in [9.17, 15) is 9.59 Å². The smallest absolute Gasteiger partial charge is 0.266 e. The van der Waals surface area contributed by atoms with Crippen LogP contribution >= 0.6 is 0 Å². The van der Waals surface area contributed by atoms with Gasteiger partial charge in [-0.15, -0.1) is 0 Å². The lowest BCUT2D eigenvalue weighted by molar-refractivity contribution is -0.121. The molecule has 6 heteroatoms. The summed E-state index contributed by atoms with van der Waals surface area (Å²) < 4.78 is 6.67. The SMILES string of the molecule is O=C(NCCn1nc(-c2ccco2)ccc1=O)C(c1ccccc1)c1ccccc1. The number of carbonyl (C=O) groups excluding carboxylic acids is 1. The van der Waals surface area contributed by atoms with E-state index in [4.69, 9.17) is 4.42 Å². The van der Waals surface area contributed by atoms with Gasteiger partial charge in [-0.25, -0.2) is 4.68 Å². The zero-order chi connectivity index (χ0) is 20.8. The van der Waals surface area contributed by atoms with Crippen LogP contribution in [0, 0.1) is 0 Å². The molecule has 0 saturated heterocycles. The molecule has 2 aromatic carbocycles. The molecule has 1 amide bonds. The van der Waals surface area contributed by atoms with Gasteiger partial charge in [-0.2, -0.15) is 5.10 Å². The molecule has 1 N–H and O–H groups in total. The second-order valence-corrected chi connectivity index (χ2v) is 6.80. The molecule has 6 nitrogen and oxygen atoms in total. The van der Waals surface area contributed by atoms with Crippen LogP contribution in [0.1, 0.15) is 17.0 Å². The average Bonchev–Trinajstić information content (AvgIpc) is 3.32. The largest absolute Gasteiger partial charge is 0.463 e. The average molecular weight is 399 g/mol. The third-order valence-corrected chi connectivity index (χ3v) is 4.79. The first-order chi connectivity index (χ1) is 14.7. The van der Waals surface area contributed by atoms with Gasteiger partial charge in [0.1, 0.15) is 5.69 Å². The van der Waals surface area contributed by atoms with Crippen LogP contribution in [0.4, 0.5) is 0 Å². The highest BCUT2D eigenvalue weighted by Crippen LogP contribution is 2.24. The summed E-state index contributed by atoms with van der Waals surface area (Å²) in [5, 5.41) is 7.28. The van der Waals surface area contributed by atoms with Gasteiger partial charge in [0.25, 0.3) is 5.56 Å². The summed E-state index contributed by atoms with van der Waals surface area (Å²) in [6.45, 7) is 0.541. The molecule has 0 aliphatic heterocycles. The molecule has 0 aliphatic rings. The van der Waals surface area contributed by atoms with Crippen molar-refractivity contribution in [3.8, 4) is 11.5 Å². The number of furan rings is 1. The van der Waals surface area contributed by atoms with Crippen LogP contribution in [-0.4, -0.2) is 22.2 Å². The van der Waals surface area contributed by atoms with Crippen LogP contribution in [0.2, 0.25) is 0 Å². The van der Waals surface area contributed by atoms with E-state index in [1.165, 1.54) is 10.7 Å². The maximum Gasteiger partial charge on any atom is 0.266 e. The predicted molar refractivity (Wildman–Crippen MR) is 114 cm³/mol. The molecule has 0 spiro atoms. The van der Waals surface area contributed by atoms with E-state index in [1.54, 1.807) is 24.5 Å². The molecule has 0 unspecified atom stereocenters. The summed E-state index contributed by atoms with van der Waals surface area (Å²) in [7, 11) is 0.